The van der Waals surface area contributed by atoms with Crippen molar-refractivity contribution >= 4 is 23.2 Å². The van der Waals surface area contributed by atoms with Crippen molar-refractivity contribution in [1.29, 1.82) is 0 Å². The van der Waals surface area contributed by atoms with Gasteiger partial charge in [-0.25, -0.2) is 4.68 Å². The Morgan fingerprint density at radius 2 is 2.24 bits per heavy atom. The predicted octanol–water partition coefficient (Wildman–Crippen LogP) is 1.47. The Morgan fingerprint density at radius 1 is 1.47 bits per heavy atom. The molecule has 6 heteroatoms. The number of aromatic nitrogens is 2. The first-order valence-corrected chi connectivity index (χ1v) is 5.33. The molecule has 2 aromatic rings. The van der Waals surface area contributed by atoms with Gasteiger partial charge in [-0.05, 0) is 18.2 Å². The summed E-state index contributed by atoms with van der Waals surface area (Å²) >= 11 is 6.05. The molecular formula is C11H11ClN4O. The van der Waals surface area contributed by atoms with Crippen LogP contribution >= 0.6 is 11.6 Å². The fraction of sp³-hybridized carbons (Fsp3) is 0.0909. The van der Waals surface area contributed by atoms with Crippen LogP contribution in [0.25, 0.3) is 5.69 Å². The fourth-order valence-corrected chi connectivity index (χ4v) is 1.74. The van der Waals surface area contributed by atoms with Crippen LogP contribution in [0.3, 0.4) is 0 Å². The van der Waals surface area contributed by atoms with E-state index in [-0.39, 0.29) is 5.91 Å². The van der Waals surface area contributed by atoms with E-state index in [1.807, 2.05) is 0 Å². The summed E-state index contributed by atoms with van der Waals surface area (Å²) in [6.45, 7) is 0. The minimum atomic E-state index is -0.255. The van der Waals surface area contributed by atoms with E-state index in [4.69, 9.17) is 17.3 Å². The number of benzene rings is 1. The standard InChI is InChI=1S/C11H11ClN4O/c1-14-11(17)9-5-6-16(15-9)10-7(12)3-2-4-8(10)13/h2-6H,13H2,1H3,(H,14,17). The highest BCUT2D eigenvalue weighted by molar-refractivity contribution is 6.32. The summed E-state index contributed by atoms with van der Waals surface area (Å²) in [5.74, 6) is -0.255. The average molecular weight is 251 g/mol. The molecule has 0 spiro atoms. The number of halogens is 1. The maximum Gasteiger partial charge on any atom is 0.271 e. The molecule has 1 aromatic carbocycles. The number of carbonyl (C=O) groups is 1. The molecule has 1 heterocycles. The summed E-state index contributed by atoms with van der Waals surface area (Å²) in [6, 6.07) is 6.79. The van der Waals surface area contributed by atoms with Gasteiger partial charge in [0, 0.05) is 13.2 Å². The lowest BCUT2D eigenvalue weighted by molar-refractivity contribution is 0.0957. The molecule has 0 atom stereocenters. The van der Waals surface area contributed by atoms with Gasteiger partial charge in [0.1, 0.15) is 5.69 Å². The Hall–Kier alpha value is -2.01. The lowest BCUT2D eigenvalue weighted by Gasteiger charge is -2.07. The van der Waals surface area contributed by atoms with Gasteiger partial charge in [-0.15, -0.1) is 0 Å². The molecular weight excluding hydrogens is 240 g/mol. The SMILES string of the molecule is CNC(=O)c1ccn(-c2c(N)cccc2Cl)n1. The van der Waals surface area contributed by atoms with Crippen molar-refractivity contribution in [2.24, 2.45) is 0 Å². The third kappa shape index (κ3) is 2.09. The maximum absolute atomic E-state index is 11.4. The normalized spacial score (nSPS) is 10.2. The summed E-state index contributed by atoms with van der Waals surface area (Å²) in [7, 11) is 1.55. The Morgan fingerprint density at radius 3 is 2.88 bits per heavy atom. The van der Waals surface area contributed by atoms with E-state index in [1.165, 1.54) is 4.68 Å². The summed E-state index contributed by atoms with van der Waals surface area (Å²) in [4.78, 5) is 11.4. The van der Waals surface area contributed by atoms with E-state index >= 15 is 0 Å². The number of carbonyl (C=O) groups excluding carboxylic acids is 1. The van der Waals surface area contributed by atoms with Crippen molar-refractivity contribution < 1.29 is 4.79 Å². The van der Waals surface area contributed by atoms with Gasteiger partial charge in [-0.2, -0.15) is 5.10 Å². The number of hydrogen-bond donors (Lipinski definition) is 2. The molecule has 1 amide bonds. The van der Waals surface area contributed by atoms with E-state index in [0.717, 1.165) is 0 Å². The molecule has 0 saturated carbocycles. The summed E-state index contributed by atoms with van der Waals surface area (Å²) in [5.41, 5.74) is 7.21. The first-order chi connectivity index (χ1) is 8.13. The van der Waals surface area contributed by atoms with Gasteiger partial charge in [0.2, 0.25) is 0 Å². The minimum Gasteiger partial charge on any atom is -0.397 e. The number of rotatable bonds is 2. The first-order valence-electron chi connectivity index (χ1n) is 4.95. The smallest absolute Gasteiger partial charge is 0.271 e. The van der Waals surface area contributed by atoms with E-state index in [9.17, 15) is 4.79 Å². The second-order valence-electron chi connectivity index (χ2n) is 3.40. The molecule has 5 nitrogen and oxygen atoms in total. The molecule has 17 heavy (non-hydrogen) atoms. The van der Waals surface area contributed by atoms with Crippen molar-refractivity contribution in [3.8, 4) is 5.69 Å². The number of nitrogens with two attached hydrogens (primary N) is 1. The highest BCUT2D eigenvalue weighted by atomic mass is 35.5. The molecule has 0 fully saturated rings. The van der Waals surface area contributed by atoms with Gasteiger partial charge in [0.15, 0.2) is 5.69 Å². The first kappa shape index (κ1) is 11.5. The molecule has 0 aliphatic rings. The zero-order valence-electron chi connectivity index (χ0n) is 9.14. The van der Waals surface area contributed by atoms with Crippen LogP contribution in [0.1, 0.15) is 10.5 Å². The fourth-order valence-electron chi connectivity index (χ4n) is 1.47. The van der Waals surface area contributed by atoms with Crippen LogP contribution in [-0.4, -0.2) is 22.7 Å². The van der Waals surface area contributed by atoms with Gasteiger partial charge < -0.3 is 11.1 Å². The molecule has 88 valence electrons. The highest BCUT2D eigenvalue weighted by Crippen LogP contribution is 2.25. The van der Waals surface area contributed by atoms with Crippen molar-refractivity contribution in [3.63, 3.8) is 0 Å². The molecule has 1 aromatic heterocycles. The number of hydrogen-bond acceptors (Lipinski definition) is 3. The topological polar surface area (TPSA) is 72.9 Å². The van der Waals surface area contributed by atoms with Crippen LogP contribution < -0.4 is 11.1 Å². The summed E-state index contributed by atoms with van der Waals surface area (Å²) < 4.78 is 1.49. The van der Waals surface area contributed by atoms with Crippen LogP contribution in [0.15, 0.2) is 30.5 Å². The predicted molar refractivity (Wildman–Crippen MR) is 66.4 cm³/mol. The van der Waals surface area contributed by atoms with Gasteiger partial charge >= 0.3 is 0 Å². The van der Waals surface area contributed by atoms with Crippen molar-refractivity contribution in [2.45, 2.75) is 0 Å². The van der Waals surface area contributed by atoms with E-state index in [2.05, 4.69) is 10.4 Å². The molecule has 0 saturated heterocycles. The average Bonchev–Trinajstić information content (AvgIpc) is 2.77. The van der Waals surface area contributed by atoms with Crippen molar-refractivity contribution in [2.75, 3.05) is 12.8 Å². The number of nitrogen functional groups attached to an aromatic ring is 1. The Kier molecular flexibility index (Phi) is 3.01. The minimum absolute atomic E-state index is 0.255. The van der Waals surface area contributed by atoms with E-state index in [1.54, 1.807) is 37.5 Å². The molecule has 0 bridgehead atoms. The van der Waals surface area contributed by atoms with Crippen molar-refractivity contribution in [3.05, 3.63) is 41.2 Å². The van der Waals surface area contributed by atoms with Gasteiger partial charge in [0.25, 0.3) is 5.91 Å². The third-order valence-electron chi connectivity index (χ3n) is 2.30. The highest BCUT2D eigenvalue weighted by Gasteiger charge is 2.11. The molecule has 2 rings (SSSR count). The largest absolute Gasteiger partial charge is 0.397 e. The van der Waals surface area contributed by atoms with Gasteiger partial charge in [-0.1, -0.05) is 17.7 Å². The zero-order valence-corrected chi connectivity index (χ0v) is 9.90. The molecule has 3 N–H and O–H groups in total. The number of nitrogens with zero attached hydrogens (tertiary/aromatic N) is 2. The molecule has 0 aliphatic carbocycles. The third-order valence-corrected chi connectivity index (χ3v) is 2.60. The number of nitrogens with one attached hydrogen (secondary N) is 1. The lowest BCUT2D eigenvalue weighted by atomic mass is 10.3. The molecule has 0 radical (unpaired) electrons. The van der Waals surface area contributed by atoms with Crippen LogP contribution in [0, 0.1) is 0 Å². The van der Waals surface area contributed by atoms with Crippen LogP contribution in [-0.2, 0) is 0 Å². The monoisotopic (exact) mass is 250 g/mol. The van der Waals surface area contributed by atoms with Gasteiger partial charge in [-0.3, -0.25) is 4.79 Å². The second-order valence-corrected chi connectivity index (χ2v) is 3.81. The Balaban J connectivity index is 2.47. The summed E-state index contributed by atoms with van der Waals surface area (Å²) in [6.07, 6.45) is 1.64. The molecule has 0 unspecified atom stereocenters. The Bertz CT molecular complexity index is 544. The van der Waals surface area contributed by atoms with Crippen LogP contribution in [0.2, 0.25) is 5.02 Å². The number of amides is 1. The second kappa shape index (κ2) is 4.47. The summed E-state index contributed by atoms with van der Waals surface area (Å²) in [5, 5.41) is 7.09. The quantitative estimate of drug-likeness (QED) is 0.793. The lowest BCUT2D eigenvalue weighted by Crippen LogP contribution is -2.18. The number of anilines is 1. The van der Waals surface area contributed by atoms with Crippen LogP contribution in [0.4, 0.5) is 5.69 Å². The number of para-hydroxylation sites is 1. The van der Waals surface area contributed by atoms with Crippen molar-refractivity contribution in [1.82, 2.24) is 15.1 Å². The maximum atomic E-state index is 11.4. The Labute approximate surface area is 103 Å². The van der Waals surface area contributed by atoms with Crippen LogP contribution in [0.5, 0.6) is 0 Å². The van der Waals surface area contributed by atoms with E-state index < -0.39 is 0 Å². The van der Waals surface area contributed by atoms with E-state index in [0.29, 0.717) is 22.1 Å². The van der Waals surface area contributed by atoms with Gasteiger partial charge in [0.05, 0.1) is 10.7 Å². The molecule has 0 aliphatic heterocycles. The zero-order chi connectivity index (χ0) is 12.4.